The van der Waals surface area contributed by atoms with Gasteiger partial charge < -0.3 is 10.1 Å². The Bertz CT molecular complexity index is 586. The number of ether oxygens (including phenoxy) is 1. The van der Waals surface area contributed by atoms with Gasteiger partial charge in [0.05, 0.1) is 4.47 Å². The highest BCUT2D eigenvalue weighted by Crippen LogP contribution is 2.23. The average Bonchev–Trinajstić information content (AvgIpc) is 2.52. The van der Waals surface area contributed by atoms with Crippen molar-refractivity contribution in [1.82, 2.24) is 5.32 Å². The zero-order chi connectivity index (χ0) is 15.1. The summed E-state index contributed by atoms with van der Waals surface area (Å²) in [6, 6.07) is 17.6. The highest BCUT2D eigenvalue weighted by Gasteiger charge is 2.08. The van der Waals surface area contributed by atoms with E-state index in [-0.39, 0.29) is 18.4 Å². The molecule has 110 valence electrons. The van der Waals surface area contributed by atoms with Gasteiger partial charge >= 0.3 is 0 Å². The van der Waals surface area contributed by atoms with Crippen LogP contribution in [-0.2, 0) is 4.79 Å². The van der Waals surface area contributed by atoms with Crippen molar-refractivity contribution in [3.05, 3.63) is 64.6 Å². The average molecular weight is 348 g/mol. The van der Waals surface area contributed by atoms with Crippen molar-refractivity contribution in [2.75, 3.05) is 13.2 Å². The van der Waals surface area contributed by atoms with E-state index in [1.54, 1.807) is 0 Å². The Kier molecular flexibility index (Phi) is 5.81. The highest BCUT2D eigenvalue weighted by molar-refractivity contribution is 9.10. The number of rotatable bonds is 6. The van der Waals surface area contributed by atoms with Crippen LogP contribution in [-0.4, -0.2) is 19.1 Å². The van der Waals surface area contributed by atoms with Crippen LogP contribution < -0.4 is 10.1 Å². The van der Waals surface area contributed by atoms with Gasteiger partial charge in [0.2, 0.25) is 0 Å². The third kappa shape index (κ3) is 4.90. The molecule has 1 atom stereocenters. The minimum atomic E-state index is -0.117. The molecule has 1 N–H and O–H groups in total. The summed E-state index contributed by atoms with van der Waals surface area (Å²) >= 11 is 3.38. The molecule has 0 saturated heterocycles. The topological polar surface area (TPSA) is 38.3 Å². The fourth-order valence-corrected chi connectivity index (χ4v) is 2.32. The van der Waals surface area contributed by atoms with E-state index in [9.17, 15) is 4.79 Å². The molecule has 2 aromatic rings. The molecule has 0 heterocycles. The lowest BCUT2D eigenvalue weighted by Crippen LogP contribution is -2.31. The second-order valence-corrected chi connectivity index (χ2v) is 5.69. The van der Waals surface area contributed by atoms with E-state index in [1.807, 2.05) is 42.5 Å². The fourth-order valence-electron chi connectivity index (χ4n) is 1.92. The first kappa shape index (κ1) is 15.6. The summed E-state index contributed by atoms with van der Waals surface area (Å²) in [6.45, 7) is 2.70. The number of nitrogens with one attached hydrogen (secondary N) is 1. The van der Waals surface area contributed by atoms with E-state index in [4.69, 9.17) is 4.74 Å². The fraction of sp³-hybridized carbons (Fsp3) is 0.235. The van der Waals surface area contributed by atoms with Crippen LogP contribution in [0.4, 0.5) is 0 Å². The molecule has 0 bridgehead atoms. The van der Waals surface area contributed by atoms with Crippen molar-refractivity contribution in [1.29, 1.82) is 0 Å². The molecule has 2 aromatic carbocycles. The maximum absolute atomic E-state index is 11.8. The van der Waals surface area contributed by atoms with Gasteiger partial charge in [0.25, 0.3) is 5.91 Å². The van der Waals surface area contributed by atoms with Crippen molar-refractivity contribution in [3.63, 3.8) is 0 Å². The number of halogens is 1. The van der Waals surface area contributed by atoms with Crippen molar-refractivity contribution in [3.8, 4) is 5.75 Å². The van der Waals surface area contributed by atoms with Gasteiger partial charge in [0.1, 0.15) is 5.75 Å². The molecule has 0 radical (unpaired) electrons. The van der Waals surface area contributed by atoms with Crippen molar-refractivity contribution in [2.45, 2.75) is 12.8 Å². The first-order valence-corrected chi connectivity index (χ1v) is 7.65. The quantitative estimate of drug-likeness (QED) is 0.864. The molecule has 0 aromatic heterocycles. The van der Waals surface area contributed by atoms with Crippen molar-refractivity contribution >= 4 is 21.8 Å². The van der Waals surface area contributed by atoms with Gasteiger partial charge in [-0.3, -0.25) is 4.79 Å². The summed E-state index contributed by atoms with van der Waals surface area (Å²) in [5.41, 5.74) is 1.21. The first-order chi connectivity index (χ1) is 10.2. The van der Waals surface area contributed by atoms with Crippen molar-refractivity contribution < 1.29 is 9.53 Å². The summed E-state index contributed by atoms with van der Waals surface area (Å²) in [6.07, 6.45) is 0. The van der Waals surface area contributed by atoms with Gasteiger partial charge in [0, 0.05) is 6.54 Å². The van der Waals surface area contributed by atoms with Crippen LogP contribution in [0.2, 0.25) is 0 Å². The Hall–Kier alpha value is -1.81. The molecule has 0 aliphatic heterocycles. The Morgan fingerprint density at radius 3 is 2.52 bits per heavy atom. The number of para-hydroxylation sites is 1. The van der Waals surface area contributed by atoms with Crippen LogP contribution in [0.1, 0.15) is 18.4 Å². The van der Waals surface area contributed by atoms with Crippen LogP contribution >= 0.6 is 15.9 Å². The monoisotopic (exact) mass is 347 g/mol. The van der Waals surface area contributed by atoms with Crippen LogP contribution in [0.25, 0.3) is 0 Å². The summed E-state index contributed by atoms with van der Waals surface area (Å²) in [7, 11) is 0. The van der Waals surface area contributed by atoms with E-state index in [0.717, 1.165) is 4.47 Å². The predicted octanol–water partition coefficient (Wildman–Crippen LogP) is 3.75. The number of hydrogen-bond acceptors (Lipinski definition) is 2. The van der Waals surface area contributed by atoms with Gasteiger partial charge in [-0.15, -0.1) is 0 Å². The number of hydrogen-bond donors (Lipinski definition) is 1. The van der Waals surface area contributed by atoms with Crippen LogP contribution in [0.5, 0.6) is 5.75 Å². The number of carbonyl (C=O) groups excluding carboxylic acids is 1. The molecule has 2 rings (SSSR count). The summed E-state index contributed by atoms with van der Waals surface area (Å²) in [5, 5.41) is 2.89. The Morgan fingerprint density at radius 1 is 1.14 bits per heavy atom. The van der Waals surface area contributed by atoms with Crippen LogP contribution in [0.15, 0.2) is 59.1 Å². The third-order valence-corrected chi connectivity index (χ3v) is 3.82. The van der Waals surface area contributed by atoms with E-state index in [0.29, 0.717) is 12.3 Å². The molecule has 0 aliphatic rings. The van der Waals surface area contributed by atoms with Gasteiger partial charge in [-0.1, -0.05) is 49.4 Å². The van der Waals surface area contributed by atoms with E-state index < -0.39 is 0 Å². The second kappa shape index (κ2) is 7.84. The van der Waals surface area contributed by atoms with Gasteiger partial charge in [-0.25, -0.2) is 0 Å². The zero-order valence-corrected chi connectivity index (χ0v) is 13.5. The number of amides is 1. The SMILES string of the molecule is C[C@@H](CNC(=O)COc1ccccc1Br)c1ccccc1. The molecule has 4 heteroatoms. The standard InChI is InChI=1S/C17H18BrNO2/c1-13(14-7-3-2-4-8-14)11-19-17(20)12-21-16-10-6-5-9-15(16)18/h2-10,13H,11-12H2,1H3,(H,19,20)/t13-/m0/s1. The maximum atomic E-state index is 11.8. The first-order valence-electron chi connectivity index (χ1n) is 6.86. The predicted molar refractivity (Wildman–Crippen MR) is 87.5 cm³/mol. The highest BCUT2D eigenvalue weighted by atomic mass is 79.9. The molecule has 3 nitrogen and oxygen atoms in total. The third-order valence-electron chi connectivity index (χ3n) is 3.17. The lowest BCUT2D eigenvalue weighted by atomic mass is 10.0. The summed E-state index contributed by atoms with van der Waals surface area (Å²) in [4.78, 5) is 11.8. The molecule has 21 heavy (non-hydrogen) atoms. The zero-order valence-electron chi connectivity index (χ0n) is 11.9. The minimum Gasteiger partial charge on any atom is -0.483 e. The number of benzene rings is 2. The number of carbonyl (C=O) groups is 1. The molecule has 0 fully saturated rings. The lowest BCUT2D eigenvalue weighted by molar-refractivity contribution is -0.123. The Balaban J connectivity index is 1.76. The van der Waals surface area contributed by atoms with E-state index in [2.05, 4.69) is 40.3 Å². The normalized spacial score (nSPS) is 11.7. The van der Waals surface area contributed by atoms with Crippen LogP contribution in [0.3, 0.4) is 0 Å². The molecule has 1 amide bonds. The summed E-state index contributed by atoms with van der Waals surface area (Å²) < 4.78 is 6.32. The molecule has 0 unspecified atom stereocenters. The van der Waals surface area contributed by atoms with Gasteiger partial charge in [-0.2, -0.15) is 0 Å². The molecular formula is C17H18BrNO2. The molecule has 0 saturated carbocycles. The maximum Gasteiger partial charge on any atom is 0.257 e. The molecule has 0 spiro atoms. The molecular weight excluding hydrogens is 330 g/mol. The smallest absolute Gasteiger partial charge is 0.257 e. The molecule has 0 aliphatic carbocycles. The van der Waals surface area contributed by atoms with Gasteiger partial charge in [0.15, 0.2) is 6.61 Å². The minimum absolute atomic E-state index is 0.0180. The second-order valence-electron chi connectivity index (χ2n) is 4.83. The van der Waals surface area contributed by atoms with Crippen molar-refractivity contribution in [2.24, 2.45) is 0 Å². The van der Waals surface area contributed by atoms with E-state index >= 15 is 0 Å². The summed E-state index contributed by atoms with van der Waals surface area (Å²) in [5.74, 6) is 0.830. The lowest BCUT2D eigenvalue weighted by Gasteiger charge is -2.13. The Morgan fingerprint density at radius 2 is 1.81 bits per heavy atom. The largest absolute Gasteiger partial charge is 0.483 e. The van der Waals surface area contributed by atoms with E-state index in [1.165, 1.54) is 5.56 Å². The Labute approximate surface area is 133 Å². The van der Waals surface area contributed by atoms with Crippen LogP contribution in [0, 0.1) is 0 Å². The van der Waals surface area contributed by atoms with Gasteiger partial charge in [-0.05, 0) is 39.5 Å².